The van der Waals surface area contributed by atoms with E-state index in [0.717, 1.165) is 19.2 Å². The van der Waals surface area contributed by atoms with Crippen LogP contribution in [0.5, 0.6) is 5.75 Å². The van der Waals surface area contributed by atoms with Crippen molar-refractivity contribution in [2.24, 2.45) is 0 Å². The zero-order valence-corrected chi connectivity index (χ0v) is 23.6. The van der Waals surface area contributed by atoms with Crippen LogP contribution in [-0.2, 0) is 16.0 Å². The number of nitrogens with zero attached hydrogens (tertiary/aromatic N) is 1. The fourth-order valence-corrected chi connectivity index (χ4v) is 4.66. The third-order valence-electron chi connectivity index (χ3n) is 5.13. The molecule has 0 aliphatic heterocycles. The first-order chi connectivity index (χ1) is 17.4. The van der Waals surface area contributed by atoms with Gasteiger partial charge in [0.05, 0.1) is 18.8 Å². The Morgan fingerprint density at radius 3 is 2.44 bits per heavy atom. The number of anilines is 1. The molecule has 0 bridgehead atoms. The Labute approximate surface area is 232 Å². The fourth-order valence-electron chi connectivity index (χ4n) is 3.42. The molecule has 6 nitrogen and oxygen atoms in total. The second-order valence-electron chi connectivity index (χ2n) is 7.60. The molecule has 1 amide bonds. The fraction of sp³-hybridized carbons (Fsp3) is 0.179. The van der Waals surface area contributed by atoms with Gasteiger partial charge >= 0.3 is 5.97 Å². The highest BCUT2D eigenvalue weighted by molar-refractivity contribution is 14.1. The quantitative estimate of drug-likeness (QED) is 0.119. The molecule has 0 atom stereocenters. The Morgan fingerprint density at radius 2 is 1.81 bits per heavy atom. The van der Waals surface area contributed by atoms with Gasteiger partial charge in [0.2, 0.25) is 0 Å². The number of carbonyl (C=O) groups excluding carboxylic acids is 2. The summed E-state index contributed by atoms with van der Waals surface area (Å²) in [7, 11) is 0. The number of rotatable bonds is 9. The van der Waals surface area contributed by atoms with Gasteiger partial charge in [0, 0.05) is 25.7 Å². The van der Waals surface area contributed by atoms with E-state index in [1.165, 1.54) is 6.08 Å². The predicted octanol–water partition coefficient (Wildman–Crippen LogP) is 6.77. The van der Waals surface area contributed by atoms with Crippen molar-refractivity contribution < 1.29 is 19.1 Å². The number of nitrogens with one attached hydrogen (secondary N) is 1. The maximum atomic E-state index is 12.8. The van der Waals surface area contributed by atoms with Crippen LogP contribution >= 0.6 is 38.5 Å². The molecule has 0 saturated carbocycles. The molecule has 8 heteroatoms. The van der Waals surface area contributed by atoms with Gasteiger partial charge in [0.15, 0.2) is 0 Å². The van der Waals surface area contributed by atoms with E-state index >= 15 is 0 Å². The molecule has 0 spiro atoms. The standard InChI is InChI=1S/C28H24BrIN2O4/c1-3-35-26-15-18(14-25(30)23(26)16-20-7-5-6-8-24(20)29)13-21(17-31)27(33)32-22-11-9-19(10-12-22)28(34)36-4-2/h5-15H,3-4,16H2,1-2H3,(H,32,33)/b21-13+. The van der Waals surface area contributed by atoms with Crippen molar-refractivity contribution in [2.45, 2.75) is 20.3 Å². The molecule has 0 unspecified atom stereocenters. The van der Waals surface area contributed by atoms with Gasteiger partial charge in [-0.2, -0.15) is 5.26 Å². The van der Waals surface area contributed by atoms with Crippen molar-refractivity contribution in [3.63, 3.8) is 0 Å². The number of amides is 1. The molecule has 3 rings (SSSR count). The molecular formula is C28H24BrIN2O4. The summed E-state index contributed by atoms with van der Waals surface area (Å²) in [6, 6.07) is 20.1. The van der Waals surface area contributed by atoms with Crippen LogP contribution in [0.1, 0.15) is 40.9 Å². The molecule has 0 aromatic heterocycles. The van der Waals surface area contributed by atoms with E-state index in [9.17, 15) is 14.9 Å². The lowest BCUT2D eigenvalue weighted by Gasteiger charge is -2.15. The van der Waals surface area contributed by atoms with Crippen molar-refractivity contribution in [3.8, 4) is 11.8 Å². The number of carbonyl (C=O) groups is 2. The monoisotopic (exact) mass is 658 g/mol. The number of ether oxygens (including phenoxy) is 2. The van der Waals surface area contributed by atoms with Gasteiger partial charge in [0.1, 0.15) is 17.4 Å². The minimum Gasteiger partial charge on any atom is -0.494 e. The zero-order chi connectivity index (χ0) is 26.1. The number of halogens is 2. The van der Waals surface area contributed by atoms with E-state index < -0.39 is 11.9 Å². The van der Waals surface area contributed by atoms with Crippen LogP contribution < -0.4 is 10.1 Å². The first kappa shape index (κ1) is 27.4. The molecule has 0 aliphatic carbocycles. The second-order valence-corrected chi connectivity index (χ2v) is 9.62. The molecule has 0 heterocycles. The van der Waals surface area contributed by atoms with Crippen molar-refractivity contribution in [2.75, 3.05) is 18.5 Å². The Morgan fingerprint density at radius 1 is 1.08 bits per heavy atom. The molecule has 0 saturated heterocycles. The lowest BCUT2D eigenvalue weighted by molar-refractivity contribution is -0.112. The van der Waals surface area contributed by atoms with Crippen LogP contribution in [0.3, 0.4) is 0 Å². The van der Waals surface area contributed by atoms with Crippen LogP contribution in [0.4, 0.5) is 5.69 Å². The molecule has 0 fully saturated rings. The lowest BCUT2D eigenvalue weighted by Crippen LogP contribution is -2.13. The molecule has 0 aliphatic rings. The van der Waals surface area contributed by atoms with Crippen molar-refractivity contribution in [3.05, 3.63) is 96.5 Å². The minimum absolute atomic E-state index is 0.0544. The van der Waals surface area contributed by atoms with E-state index in [0.29, 0.717) is 35.6 Å². The maximum absolute atomic E-state index is 12.8. The largest absolute Gasteiger partial charge is 0.494 e. The third-order valence-corrected chi connectivity index (χ3v) is 6.87. The molecule has 36 heavy (non-hydrogen) atoms. The van der Waals surface area contributed by atoms with Crippen molar-refractivity contribution in [1.29, 1.82) is 5.26 Å². The summed E-state index contributed by atoms with van der Waals surface area (Å²) in [5.41, 5.74) is 3.63. The highest BCUT2D eigenvalue weighted by atomic mass is 127. The zero-order valence-electron chi connectivity index (χ0n) is 19.8. The van der Waals surface area contributed by atoms with Crippen molar-refractivity contribution >= 4 is 62.2 Å². The number of esters is 1. The van der Waals surface area contributed by atoms with Gasteiger partial charge < -0.3 is 14.8 Å². The summed E-state index contributed by atoms with van der Waals surface area (Å²) in [6.07, 6.45) is 2.21. The Hall–Kier alpha value is -3.16. The summed E-state index contributed by atoms with van der Waals surface area (Å²) >= 11 is 5.86. The van der Waals surface area contributed by atoms with Crippen LogP contribution in [0, 0.1) is 14.9 Å². The molecule has 0 radical (unpaired) electrons. The highest BCUT2D eigenvalue weighted by Crippen LogP contribution is 2.31. The van der Waals surface area contributed by atoms with Gasteiger partial charge in [0.25, 0.3) is 5.91 Å². The summed E-state index contributed by atoms with van der Waals surface area (Å²) in [5.74, 6) is -0.277. The number of nitriles is 1. The van der Waals surface area contributed by atoms with Gasteiger partial charge in [-0.1, -0.05) is 34.1 Å². The molecular weight excluding hydrogens is 635 g/mol. The number of hydrogen-bond donors (Lipinski definition) is 1. The maximum Gasteiger partial charge on any atom is 0.338 e. The van der Waals surface area contributed by atoms with Crippen molar-refractivity contribution in [1.82, 2.24) is 0 Å². The first-order valence-corrected chi connectivity index (χ1v) is 13.1. The van der Waals surface area contributed by atoms with Crippen LogP contribution in [0.15, 0.2) is 70.7 Å². The van der Waals surface area contributed by atoms with Gasteiger partial charge in [-0.3, -0.25) is 4.79 Å². The molecule has 3 aromatic rings. The Bertz CT molecular complexity index is 1330. The van der Waals surface area contributed by atoms with Crippen LogP contribution in [-0.4, -0.2) is 25.1 Å². The van der Waals surface area contributed by atoms with E-state index in [4.69, 9.17) is 9.47 Å². The highest BCUT2D eigenvalue weighted by Gasteiger charge is 2.15. The van der Waals surface area contributed by atoms with Crippen LogP contribution in [0.2, 0.25) is 0 Å². The average Bonchev–Trinajstić information content (AvgIpc) is 2.86. The van der Waals surface area contributed by atoms with Gasteiger partial charge in [-0.25, -0.2) is 4.79 Å². The average molecular weight is 659 g/mol. The summed E-state index contributed by atoms with van der Waals surface area (Å²) in [6.45, 7) is 4.41. The van der Waals surface area contributed by atoms with E-state index in [2.05, 4.69) is 49.9 Å². The Balaban J connectivity index is 1.84. The lowest BCUT2D eigenvalue weighted by atomic mass is 10.0. The van der Waals surface area contributed by atoms with E-state index in [1.54, 1.807) is 31.2 Å². The third kappa shape index (κ3) is 7.18. The molecule has 3 aromatic carbocycles. The van der Waals surface area contributed by atoms with Gasteiger partial charge in [-0.05, 0) is 96.1 Å². The number of hydrogen-bond acceptors (Lipinski definition) is 5. The second kappa shape index (κ2) is 13.2. The van der Waals surface area contributed by atoms with Crippen LogP contribution in [0.25, 0.3) is 6.08 Å². The topological polar surface area (TPSA) is 88.4 Å². The smallest absolute Gasteiger partial charge is 0.338 e. The normalized spacial score (nSPS) is 10.9. The Kier molecular flexibility index (Phi) is 10.1. The van der Waals surface area contributed by atoms with Gasteiger partial charge in [-0.15, -0.1) is 0 Å². The SMILES string of the molecule is CCOC(=O)c1ccc(NC(=O)/C(C#N)=C/c2cc(I)c(Cc3ccccc3Br)c(OCC)c2)cc1. The summed E-state index contributed by atoms with van der Waals surface area (Å²) in [5, 5.41) is 12.4. The van der Waals surface area contributed by atoms with E-state index in [1.807, 2.05) is 43.3 Å². The predicted molar refractivity (Wildman–Crippen MR) is 152 cm³/mol. The first-order valence-electron chi connectivity index (χ1n) is 11.2. The molecule has 184 valence electrons. The number of benzene rings is 3. The summed E-state index contributed by atoms with van der Waals surface area (Å²) in [4.78, 5) is 24.6. The molecule has 1 N–H and O–H groups in total. The minimum atomic E-state index is -0.549. The van der Waals surface area contributed by atoms with E-state index in [-0.39, 0.29) is 12.2 Å². The summed E-state index contributed by atoms with van der Waals surface area (Å²) < 4.78 is 12.9.